The second kappa shape index (κ2) is 10.5. The molecule has 0 aliphatic rings. The van der Waals surface area contributed by atoms with Crippen LogP contribution in [0.25, 0.3) is 0 Å². The maximum absolute atomic E-state index is 13.2. The Labute approximate surface area is 195 Å². The van der Waals surface area contributed by atoms with Crippen LogP contribution in [0.15, 0.2) is 77.7 Å². The lowest BCUT2D eigenvalue weighted by Gasteiger charge is -2.23. The fraction of sp³-hybridized carbons (Fsp3) is 0.130. The van der Waals surface area contributed by atoms with Crippen LogP contribution in [0, 0.1) is 5.82 Å². The molecule has 3 rings (SSSR count). The average Bonchev–Trinajstić information content (AvgIpc) is 2.80. The Bertz CT molecular complexity index is 1250. The maximum Gasteiger partial charge on any atom is 0.338 e. The number of carbonyl (C=O) groups excluding carboxylic acids is 2. The summed E-state index contributed by atoms with van der Waals surface area (Å²) in [5.41, 5.74) is 0.619. The molecule has 0 atom stereocenters. The molecule has 33 heavy (non-hydrogen) atoms. The van der Waals surface area contributed by atoms with Crippen LogP contribution in [0.3, 0.4) is 0 Å². The van der Waals surface area contributed by atoms with Crippen molar-refractivity contribution in [1.82, 2.24) is 0 Å². The molecule has 0 bridgehead atoms. The number of esters is 1. The molecule has 3 aromatic rings. The molecule has 0 radical (unpaired) electrons. The normalized spacial score (nSPS) is 11.0. The zero-order valence-electron chi connectivity index (χ0n) is 17.5. The molecule has 1 N–H and O–H groups in total. The zero-order valence-corrected chi connectivity index (χ0v) is 19.1. The number of nitrogens with zero attached hydrogens (tertiary/aromatic N) is 1. The smallest absolute Gasteiger partial charge is 0.338 e. The van der Waals surface area contributed by atoms with Crippen molar-refractivity contribution < 1.29 is 27.1 Å². The highest BCUT2D eigenvalue weighted by Gasteiger charge is 2.24. The van der Waals surface area contributed by atoms with Crippen molar-refractivity contribution >= 4 is 44.9 Å². The largest absolute Gasteiger partial charge is 0.452 e. The number of anilines is 2. The minimum atomic E-state index is -3.94. The van der Waals surface area contributed by atoms with E-state index in [0.717, 1.165) is 12.1 Å². The zero-order chi connectivity index (χ0) is 24.0. The Morgan fingerprint density at radius 3 is 2.33 bits per heavy atom. The lowest BCUT2D eigenvalue weighted by atomic mass is 10.2. The predicted molar refractivity (Wildman–Crippen MR) is 123 cm³/mol. The number of rotatable bonds is 8. The molecule has 3 aromatic carbocycles. The number of hydrogen-bond acceptors (Lipinski definition) is 5. The van der Waals surface area contributed by atoms with E-state index in [1.54, 1.807) is 37.3 Å². The SMILES string of the molecule is CCN(c1ccccc1)S(=O)(=O)c1ccc(Cl)c(NC(=O)COC(=O)c2ccc(F)cc2)c1. The van der Waals surface area contributed by atoms with Crippen LogP contribution in [0.2, 0.25) is 5.02 Å². The summed E-state index contributed by atoms with van der Waals surface area (Å²) in [6.07, 6.45) is 0. The first kappa shape index (κ1) is 24.2. The van der Waals surface area contributed by atoms with Gasteiger partial charge < -0.3 is 10.1 Å². The average molecular weight is 491 g/mol. The Morgan fingerprint density at radius 1 is 1.03 bits per heavy atom. The second-order valence-corrected chi connectivity index (χ2v) is 9.05. The third-order valence-electron chi connectivity index (χ3n) is 4.55. The summed E-state index contributed by atoms with van der Waals surface area (Å²) in [7, 11) is -3.94. The summed E-state index contributed by atoms with van der Waals surface area (Å²) in [6.45, 7) is 1.25. The lowest BCUT2D eigenvalue weighted by molar-refractivity contribution is -0.119. The van der Waals surface area contributed by atoms with Gasteiger partial charge in [-0.2, -0.15) is 0 Å². The Kier molecular flexibility index (Phi) is 7.67. The molecule has 0 saturated heterocycles. The van der Waals surface area contributed by atoms with Crippen LogP contribution in [-0.2, 0) is 19.6 Å². The van der Waals surface area contributed by atoms with Gasteiger partial charge in [0.2, 0.25) is 0 Å². The van der Waals surface area contributed by atoms with E-state index in [0.29, 0.717) is 5.69 Å². The molecule has 0 heterocycles. The number of nitrogens with one attached hydrogen (secondary N) is 1. The van der Waals surface area contributed by atoms with Crippen LogP contribution in [0.4, 0.5) is 15.8 Å². The Balaban J connectivity index is 1.73. The van der Waals surface area contributed by atoms with Gasteiger partial charge in [-0.25, -0.2) is 17.6 Å². The van der Waals surface area contributed by atoms with Crippen molar-refractivity contribution in [1.29, 1.82) is 0 Å². The van der Waals surface area contributed by atoms with Crippen LogP contribution in [0.1, 0.15) is 17.3 Å². The minimum Gasteiger partial charge on any atom is -0.452 e. The molecular formula is C23H20ClFN2O5S. The number of hydrogen-bond donors (Lipinski definition) is 1. The quantitative estimate of drug-likeness (QED) is 0.470. The van der Waals surface area contributed by atoms with Crippen molar-refractivity contribution in [3.63, 3.8) is 0 Å². The van der Waals surface area contributed by atoms with Gasteiger partial charge in [0.25, 0.3) is 15.9 Å². The summed E-state index contributed by atoms with van der Waals surface area (Å²) >= 11 is 6.13. The fourth-order valence-electron chi connectivity index (χ4n) is 2.96. The highest BCUT2D eigenvalue weighted by Crippen LogP contribution is 2.29. The molecule has 0 aromatic heterocycles. The summed E-state index contributed by atoms with van der Waals surface area (Å²) in [5, 5.41) is 2.55. The van der Waals surface area contributed by atoms with Crippen molar-refractivity contribution in [3.05, 3.63) is 89.2 Å². The number of benzene rings is 3. The Hall–Kier alpha value is -3.43. The van der Waals surface area contributed by atoms with Gasteiger partial charge in [-0.15, -0.1) is 0 Å². The van der Waals surface area contributed by atoms with Gasteiger partial charge in [0.15, 0.2) is 6.61 Å². The highest BCUT2D eigenvalue weighted by atomic mass is 35.5. The van der Waals surface area contributed by atoms with Gasteiger partial charge >= 0.3 is 5.97 Å². The van der Waals surface area contributed by atoms with Crippen molar-refractivity contribution in [2.75, 3.05) is 22.8 Å². The van der Waals surface area contributed by atoms with Gasteiger partial charge in [0.05, 0.1) is 26.9 Å². The van der Waals surface area contributed by atoms with Gasteiger partial charge in [-0.1, -0.05) is 29.8 Å². The van der Waals surface area contributed by atoms with Crippen molar-refractivity contribution in [2.45, 2.75) is 11.8 Å². The molecule has 1 amide bonds. The summed E-state index contributed by atoms with van der Waals surface area (Å²) in [6, 6.07) is 17.2. The summed E-state index contributed by atoms with van der Waals surface area (Å²) in [5.74, 6) is -2.05. The lowest BCUT2D eigenvalue weighted by Crippen LogP contribution is -2.30. The standard InChI is InChI=1S/C23H20ClFN2O5S/c1-2-27(18-6-4-3-5-7-18)33(30,31)19-12-13-20(24)21(14-19)26-22(28)15-32-23(29)16-8-10-17(25)11-9-16/h3-14H,2,15H2,1H3,(H,26,28). The van der Waals surface area contributed by atoms with Gasteiger partial charge in [0, 0.05) is 6.54 Å². The van der Waals surface area contributed by atoms with E-state index < -0.39 is 34.3 Å². The number of sulfonamides is 1. The number of halogens is 2. The highest BCUT2D eigenvalue weighted by molar-refractivity contribution is 7.92. The first-order chi connectivity index (χ1) is 15.7. The summed E-state index contributed by atoms with van der Waals surface area (Å²) < 4.78 is 45.5. The van der Waals surface area contributed by atoms with Crippen LogP contribution < -0.4 is 9.62 Å². The molecule has 7 nitrogen and oxygen atoms in total. The van der Waals surface area contributed by atoms with Crippen LogP contribution in [0.5, 0.6) is 0 Å². The number of ether oxygens (including phenoxy) is 1. The molecule has 0 spiro atoms. The first-order valence-electron chi connectivity index (χ1n) is 9.82. The van der Waals surface area contributed by atoms with Crippen molar-refractivity contribution in [2.24, 2.45) is 0 Å². The Morgan fingerprint density at radius 2 is 1.70 bits per heavy atom. The molecule has 0 saturated carbocycles. The van der Waals surface area contributed by atoms with Crippen LogP contribution in [-0.4, -0.2) is 33.4 Å². The van der Waals surface area contributed by atoms with E-state index in [1.165, 1.54) is 34.6 Å². The molecule has 0 fully saturated rings. The molecule has 10 heteroatoms. The van der Waals surface area contributed by atoms with E-state index >= 15 is 0 Å². The third kappa shape index (κ3) is 5.88. The summed E-state index contributed by atoms with van der Waals surface area (Å²) in [4.78, 5) is 24.2. The fourth-order valence-corrected chi connectivity index (χ4v) is 4.63. The molecular weight excluding hydrogens is 471 g/mol. The first-order valence-corrected chi connectivity index (χ1v) is 11.6. The third-order valence-corrected chi connectivity index (χ3v) is 6.77. The minimum absolute atomic E-state index is 0.0460. The molecule has 0 unspecified atom stereocenters. The van der Waals surface area contributed by atoms with Gasteiger partial charge in [-0.05, 0) is 61.5 Å². The monoisotopic (exact) mass is 490 g/mol. The molecule has 172 valence electrons. The van der Waals surface area contributed by atoms with E-state index in [9.17, 15) is 22.4 Å². The predicted octanol–water partition coefficient (Wildman–Crippen LogP) is 4.49. The van der Waals surface area contributed by atoms with Crippen LogP contribution >= 0.6 is 11.6 Å². The van der Waals surface area contributed by atoms with Crippen molar-refractivity contribution in [3.8, 4) is 0 Å². The molecule has 0 aliphatic carbocycles. The van der Waals surface area contributed by atoms with E-state index in [1.807, 2.05) is 0 Å². The number of amides is 1. The van der Waals surface area contributed by atoms with E-state index in [2.05, 4.69) is 5.32 Å². The number of para-hydroxylation sites is 1. The topological polar surface area (TPSA) is 92.8 Å². The second-order valence-electron chi connectivity index (χ2n) is 6.78. The van der Waals surface area contributed by atoms with E-state index in [-0.39, 0.29) is 27.7 Å². The van der Waals surface area contributed by atoms with Gasteiger partial charge in [0.1, 0.15) is 5.82 Å². The van der Waals surface area contributed by atoms with Gasteiger partial charge in [-0.3, -0.25) is 9.10 Å². The molecule has 0 aliphatic heterocycles. The maximum atomic E-state index is 13.2. The number of carbonyl (C=O) groups is 2. The van der Waals surface area contributed by atoms with E-state index in [4.69, 9.17) is 16.3 Å².